The van der Waals surface area contributed by atoms with Gasteiger partial charge in [-0.2, -0.15) is 0 Å². The molecule has 136 valence electrons. The maximum absolute atomic E-state index is 12.5. The highest BCUT2D eigenvalue weighted by molar-refractivity contribution is 5.91. The molecule has 2 bridgehead atoms. The van der Waals surface area contributed by atoms with E-state index in [1.54, 1.807) is 0 Å². The number of hydrogen-bond donors (Lipinski definition) is 1. The SMILES string of the molecule is C[N+]1(C)C2CCC1CC(OC(=O)Nc1ccccc1-c1ccccc1)C2. The number of amides is 1. The summed E-state index contributed by atoms with van der Waals surface area (Å²) in [6, 6.07) is 19.2. The number of fused-ring (bicyclic) bond motifs is 2. The summed E-state index contributed by atoms with van der Waals surface area (Å²) in [6.07, 6.45) is 4.12. The maximum atomic E-state index is 12.5. The lowest BCUT2D eigenvalue weighted by Crippen LogP contribution is -2.56. The lowest BCUT2D eigenvalue weighted by molar-refractivity contribution is -0.931. The molecule has 4 rings (SSSR count). The van der Waals surface area contributed by atoms with Crippen molar-refractivity contribution in [2.24, 2.45) is 0 Å². The van der Waals surface area contributed by atoms with Crippen molar-refractivity contribution in [3.8, 4) is 11.1 Å². The summed E-state index contributed by atoms with van der Waals surface area (Å²) in [6.45, 7) is 0. The highest BCUT2D eigenvalue weighted by Crippen LogP contribution is 2.40. The molecule has 0 saturated carbocycles. The van der Waals surface area contributed by atoms with Gasteiger partial charge in [-0.3, -0.25) is 5.32 Å². The standard InChI is InChI=1S/C22H26N2O2/c1-24(2)17-12-13-18(24)15-19(14-17)26-22(25)23-21-11-7-6-10-20(21)16-8-4-3-5-9-16/h3-11,17-19H,12-15H2,1-2H3/p+1. The van der Waals surface area contributed by atoms with Gasteiger partial charge >= 0.3 is 6.09 Å². The largest absolute Gasteiger partial charge is 0.445 e. The first kappa shape index (κ1) is 17.1. The minimum Gasteiger partial charge on any atom is -0.445 e. The maximum Gasteiger partial charge on any atom is 0.411 e. The van der Waals surface area contributed by atoms with Crippen molar-refractivity contribution in [3.05, 3.63) is 54.6 Å². The molecule has 2 aromatic rings. The number of nitrogens with zero attached hydrogens (tertiary/aromatic N) is 1. The second kappa shape index (κ2) is 6.76. The quantitative estimate of drug-likeness (QED) is 0.816. The van der Waals surface area contributed by atoms with E-state index in [-0.39, 0.29) is 12.2 Å². The van der Waals surface area contributed by atoms with Crippen LogP contribution in [-0.4, -0.2) is 42.9 Å². The molecule has 2 unspecified atom stereocenters. The van der Waals surface area contributed by atoms with Gasteiger partial charge in [0.05, 0.1) is 31.9 Å². The number of ether oxygens (including phenoxy) is 1. The van der Waals surface area contributed by atoms with Gasteiger partial charge in [-0.05, 0) is 11.6 Å². The van der Waals surface area contributed by atoms with E-state index in [4.69, 9.17) is 4.74 Å². The van der Waals surface area contributed by atoms with Gasteiger partial charge in [-0.15, -0.1) is 0 Å². The van der Waals surface area contributed by atoms with Crippen molar-refractivity contribution in [2.75, 3.05) is 19.4 Å². The number of quaternary nitrogens is 1. The first-order valence-corrected chi connectivity index (χ1v) is 9.49. The number of nitrogens with one attached hydrogen (secondary N) is 1. The fourth-order valence-electron chi connectivity index (χ4n) is 4.68. The van der Waals surface area contributed by atoms with Crippen LogP contribution in [0.25, 0.3) is 11.1 Å². The molecule has 2 atom stereocenters. The van der Waals surface area contributed by atoms with E-state index in [1.165, 1.54) is 12.8 Å². The number of carbonyl (C=O) groups excluding carboxylic acids is 1. The molecule has 2 aromatic carbocycles. The fraction of sp³-hybridized carbons (Fsp3) is 0.409. The second-order valence-corrected chi connectivity index (χ2v) is 8.05. The van der Waals surface area contributed by atoms with Crippen LogP contribution in [0.4, 0.5) is 10.5 Å². The van der Waals surface area contributed by atoms with Crippen LogP contribution in [0.5, 0.6) is 0 Å². The average molecular weight is 351 g/mol. The first-order chi connectivity index (χ1) is 12.5. The van der Waals surface area contributed by atoms with Crippen LogP contribution >= 0.6 is 0 Å². The number of anilines is 1. The van der Waals surface area contributed by atoms with Gasteiger partial charge in [-0.1, -0.05) is 48.5 Å². The minimum absolute atomic E-state index is 0.0301. The van der Waals surface area contributed by atoms with E-state index in [0.29, 0.717) is 12.1 Å². The van der Waals surface area contributed by atoms with Gasteiger partial charge in [0.15, 0.2) is 0 Å². The van der Waals surface area contributed by atoms with Crippen LogP contribution in [0, 0.1) is 0 Å². The van der Waals surface area contributed by atoms with Gasteiger partial charge in [-0.25, -0.2) is 4.79 Å². The Hall–Kier alpha value is -2.33. The Labute approximate surface area is 155 Å². The minimum atomic E-state index is -0.343. The van der Waals surface area contributed by atoms with E-state index in [0.717, 1.165) is 34.1 Å². The molecule has 0 aliphatic carbocycles. The second-order valence-electron chi connectivity index (χ2n) is 8.05. The van der Waals surface area contributed by atoms with Crippen molar-refractivity contribution < 1.29 is 14.0 Å². The fourth-order valence-corrected chi connectivity index (χ4v) is 4.68. The molecule has 0 radical (unpaired) electrons. The van der Waals surface area contributed by atoms with Crippen LogP contribution < -0.4 is 5.32 Å². The number of hydrogen-bond acceptors (Lipinski definition) is 2. The normalized spacial score (nSPS) is 26.3. The van der Waals surface area contributed by atoms with Gasteiger partial charge in [0.2, 0.25) is 0 Å². The first-order valence-electron chi connectivity index (χ1n) is 9.49. The molecule has 4 nitrogen and oxygen atoms in total. The lowest BCUT2D eigenvalue weighted by Gasteiger charge is -2.43. The van der Waals surface area contributed by atoms with Crippen LogP contribution in [-0.2, 0) is 4.74 Å². The van der Waals surface area contributed by atoms with Gasteiger partial charge in [0.25, 0.3) is 0 Å². The molecule has 2 heterocycles. The van der Waals surface area contributed by atoms with E-state index >= 15 is 0 Å². The monoisotopic (exact) mass is 351 g/mol. The molecule has 26 heavy (non-hydrogen) atoms. The average Bonchev–Trinajstić information content (AvgIpc) is 2.80. The number of rotatable bonds is 3. The van der Waals surface area contributed by atoms with Crippen LogP contribution in [0.15, 0.2) is 54.6 Å². The number of piperidine rings is 1. The van der Waals surface area contributed by atoms with Crippen LogP contribution in [0.3, 0.4) is 0 Å². The highest BCUT2D eigenvalue weighted by atomic mass is 16.6. The van der Waals surface area contributed by atoms with E-state index < -0.39 is 0 Å². The Morgan fingerprint density at radius 1 is 0.962 bits per heavy atom. The molecule has 0 spiro atoms. The van der Waals surface area contributed by atoms with Gasteiger partial charge in [0.1, 0.15) is 6.10 Å². The molecular formula is C22H27N2O2+. The van der Waals surface area contributed by atoms with E-state index in [9.17, 15) is 4.79 Å². The van der Waals surface area contributed by atoms with Crippen molar-refractivity contribution in [2.45, 2.75) is 43.9 Å². The Kier molecular flexibility index (Phi) is 4.45. The smallest absolute Gasteiger partial charge is 0.411 e. The summed E-state index contributed by atoms with van der Waals surface area (Å²) < 4.78 is 6.88. The Morgan fingerprint density at radius 2 is 1.58 bits per heavy atom. The zero-order chi connectivity index (χ0) is 18.1. The summed E-state index contributed by atoms with van der Waals surface area (Å²) >= 11 is 0. The molecule has 2 fully saturated rings. The molecule has 2 saturated heterocycles. The van der Waals surface area contributed by atoms with Gasteiger partial charge in [0, 0.05) is 31.2 Å². The van der Waals surface area contributed by atoms with Crippen LogP contribution in [0.2, 0.25) is 0 Å². The third-order valence-electron chi connectivity index (χ3n) is 6.31. The summed E-state index contributed by atoms with van der Waals surface area (Å²) in [5.41, 5.74) is 2.88. The molecule has 2 aliphatic rings. The van der Waals surface area contributed by atoms with E-state index in [2.05, 4.69) is 19.4 Å². The molecular weight excluding hydrogens is 324 g/mol. The summed E-state index contributed by atoms with van der Waals surface area (Å²) in [4.78, 5) is 12.5. The molecule has 1 amide bonds. The van der Waals surface area contributed by atoms with Gasteiger partial charge < -0.3 is 9.22 Å². The topological polar surface area (TPSA) is 38.3 Å². The summed E-state index contributed by atoms with van der Waals surface area (Å²) in [5, 5.41) is 2.96. The van der Waals surface area contributed by atoms with Crippen molar-refractivity contribution in [3.63, 3.8) is 0 Å². The highest BCUT2D eigenvalue weighted by Gasteiger charge is 2.49. The van der Waals surface area contributed by atoms with Crippen molar-refractivity contribution in [1.82, 2.24) is 0 Å². The summed E-state index contributed by atoms with van der Waals surface area (Å²) in [5.74, 6) is 0. The van der Waals surface area contributed by atoms with Crippen LogP contribution in [0.1, 0.15) is 25.7 Å². The number of benzene rings is 2. The van der Waals surface area contributed by atoms with Crippen molar-refractivity contribution in [1.29, 1.82) is 0 Å². The summed E-state index contributed by atoms with van der Waals surface area (Å²) in [7, 11) is 4.63. The predicted octanol–water partition coefficient (Wildman–Crippen LogP) is 4.67. The number of para-hydroxylation sites is 1. The lowest BCUT2D eigenvalue weighted by atomic mass is 9.98. The Bertz CT molecular complexity index is 772. The molecule has 1 N–H and O–H groups in total. The number of carbonyl (C=O) groups is 1. The third-order valence-corrected chi connectivity index (χ3v) is 6.31. The zero-order valence-corrected chi connectivity index (χ0v) is 15.5. The van der Waals surface area contributed by atoms with E-state index in [1.807, 2.05) is 54.6 Å². The zero-order valence-electron chi connectivity index (χ0n) is 15.5. The molecule has 4 heteroatoms. The Balaban J connectivity index is 1.44. The van der Waals surface area contributed by atoms with Crippen molar-refractivity contribution >= 4 is 11.8 Å². The predicted molar refractivity (Wildman–Crippen MR) is 104 cm³/mol. The molecule has 2 aliphatic heterocycles. The third kappa shape index (κ3) is 3.21. The Morgan fingerprint density at radius 3 is 2.27 bits per heavy atom. The molecule has 0 aromatic heterocycles.